The van der Waals surface area contributed by atoms with Crippen molar-refractivity contribution in [3.63, 3.8) is 0 Å². The van der Waals surface area contributed by atoms with Crippen molar-refractivity contribution in [1.29, 1.82) is 0 Å². The molecular weight excluding hydrogens is 298 g/mol. The number of hydrogen-bond donors (Lipinski definition) is 1. The van der Waals surface area contributed by atoms with Gasteiger partial charge in [-0.05, 0) is 18.2 Å². The lowest BCUT2D eigenvalue weighted by molar-refractivity contribution is -0.254. The van der Waals surface area contributed by atoms with Gasteiger partial charge < -0.3 is 24.8 Å². The summed E-state index contributed by atoms with van der Waals surface area (Å²) < 4.78 is 15.5. The Morgan fingerprint density at radius 2 is 2.00 bits per heavy atom. The maximum absolute atomic E-state index is 11.7. The molecule has 0 aliphatic carbocycles. The van der Waals surface area contributed by atoms with Gasteiger partial charge in [-0.25, -0.2) is 9.78 Å². The van der Waals surface area contributed by atoms with E-state index in [0.29, 0.717) is 24.7 Å². The molecule has 0 atom stereocenters. The number of carbonyl (C=O) groups excluding carboxylic acids is 1. The van der Waals surface area contributed by atoms with Crippen molar-refractivity contribution in [2.24, 2.45) is 0 Å². The van der Waals surface area contributed by atoms with E-state index in [1.165, 1.54) is 0 Å². The Labute approximate surface area is 133 Å². The summed E-state index contributed by atoms with van der Waals surface area (Å²) in [4.78, 5) is 17.9. The first-order valence-electron chi connectivity index (χ1n) is 7.19. The molecule has 1 aliphatic heterocycles. The lowest BCUT2D eigenvalue weighted by Gasteiger charge is -2.39. The van der Waals surface area contributed by atoms with Crippen molar-refractivity contribution in [3.05, 3.63) is 42.6 Å². The van der Waals surface area contributed by atoms with Crippen molar-refractivity contribution in [2.45, 2.75) is 6.10 Å². The van der Waals surface area contributed by atoms with Crippen LogP contribution in [0.5, 0.6) is 11.6 Å². The molecule has 2 heterocycles. The Kier molecular flexibility index (Phi) is 4.29. The quantitative estimate of drug-likeness (QED) is 0.677. The van der Waals surface area contributed by atoms with Gasteiger partial charge in [0.05, 0.1) is 20.2 Å². The van der Waals surface area contributed by atoms with Crippen LogP contribution >= 0.6 is 0 Å². The standard InChI is InChI=1S/C16H17N3O4/c1-21-15-8-12(6-7-18-15)19-9-14(10-19)23-16(20)22-13-4-2-11(17)3-5-13/h2-8,14H,9-10,17H2,1H3/p+1. The van der Waals surface area contributed by atoms with E-state index in [1.807, 2.05) is 12.1 Å². The second-order valence-electron chi connectivity index (χ2n) is 5.20. The lowest BCUT2D eigenvalue weighted by Crippen LogP contribution is -2.53. The molecule has 0 unspecified atom stereocenters. The number of methoxy groups -OCH3 is 1. The third-order valence-electron chi connectivity index (χ3n) is 3.53. The van der Waals surface area contributed by atoms with E-state index in [4.69, 9.17) is 14.2 Å². The van der Waals surface area contributed by atoms with Crippen LogP contribution in [0.4, 0.5) is 16.2 Å². The molecule has 23 heavy (non-hydrogen) atoms. The van der Waals surface area contributed by atoms with Crippen LogP contribution in [0.2, 0.25) is 0 Å². The van der Waals surface area contributed by atoms with Gasteiger partial charge in [0.2, 0.25) is 5.88 Å². The molecule has 1 aromatic carbocycles. The monoisotopic (exact) mass is 316 g/mol. The topological polar surface area (TPSA) is 88.5 Å². The highest BCUT2D eigenvalue weighted by atomic mass is 16.7. The average molecular weight is 316 g/mol. The largest absolute Gasteiger partial charge is 0.514 e. The number of carbonyl (C=O) groups is 1. The smallest absolute Gasteiger partial charge is 0.481 e. The van der Waals surface area contributed by atoms with E-state index < -0.39 is 6.16 Å². The fourth-order valence-corrected chi connectivity index (χ4v) is 2.24. The van der Waals surface area contributed by atoms with E-state index in [1.54, 1.807) is 37.6 Å². The van der Waals surface area contributed by atoms with Gasteiger partial charge >= 0.3 is 6.16 Å². The van der Waals surface area contributed by atoms with Crippen LogP contribution in [0, 0.1) is 0 Å². The minimum atomic E-state index is -0.696. The van der Waals surface area contributed by atoms with Gasteiger partial charge in [-0.15, -0.1) is 0 Å². The first-order chi connectivity index (χ1) is 11.1. The minimum absolute atomic E-state index is 0.186. The number of nitrogens with zero attached hydrogens (tertiary/aromatic N) is 2. The summed E-state index contributed by atoms with van der Waals surface area (Å²) in [6.07, 6.45) is 0.801. The van der Waals surface area contributed by atoms with Crippen LogP contribution in [0.25, 0.3) is 0 Å². The molecule has 0 saturated carbocycles. The summed E-state index contributed by atoms with van der Waals surface area (Å²) in [5.74, 6) is 0.998. The number of rotatable bonds is 4. The Bertz CT molecular complexity index is 684. The van der Waals surface area contributed by atoms with Gasteiger partial charge in [0.15, 0.2) is 0 Å². The number of quaternary nitrogens is 1. The fourth-order valence-electron chi connectivity index (χ4n) is 2.24. The number of aromatic nitrogens is 1. The molecule has 1 saturated heterocycles. The highest BCUT2D eigenvalue weighted by molar-refractivity contribution is 5.65. The Morgan fingerprint density at radius 3 is 2.70 bits per heavy atom. The highest BCUT2D eigenvalue weighted by Crippen LogP contribution is 2.25. The number of hydrogen-bond acceptors (Lipinski definition) is 6. The van der Waals surface area contributed by atoms with Gasteiger partial charge in [-0.2, -0.15) is 0 Å². The third-order valence-corrected chi connectivity index (χ3v) is 3.53. The van der Waals surface area contributed by atoms with Crippen molar-refractivity contribution in [3.8, 4) is 11.6 Å². The molecule has 3 rings (SSSR count). The van der Waals surface area contributed by atoms with Crippen LogP contribution < -0.4 is 20.1 Å². The van der Waals surface area contributed by atoms with Gasteiger partial charge in [-0.3, -0.25) is 0 Å². The predicted octanol–water partition coefficient (Wildman–Crippen LogP) is 1.37. The van der Waals surface area contributed by atoms with Crippen LogP contribution in [-0.2, 0) is 4.74 Å². The van der Waals surface area contributed by atoms with Crippen LogP contribution in [0.1, 0.15) is 0 Å². The zero-order valence-corrected chi connectivity index (χ0v) is 12.8. The Balaban J connectivity index is 1.48. The average Bonchev–Trinajstić information content (AvgIpc) is 2.53. The zero-order valence-electron chi connectivity index (χ0n) is 12.8. The molecule has 1 aromatic heterocycles. The summed E-state index contributed by atoms with van der Waals surface area (Å²) in [5.41, 5.74) is 5.61. The molecule has 0 amide bonds. The zero-order chi connectivity index (χ0) is 16.2. The minimum Gasteiger partial charge on any atom is -0.481 e. The highest BCUT2D eigenvalue weighted by Gasteiger charge is 2.31. The Hall–Kier alpha value is -2.80. The number of anilines is 1. The Morgan fingerprint density at radius 1 is 1.26 bits per heavy atom. The molecule has 1 fully saturated rings. The second-order valence-corrected chi connectivity index (χ2v) is 5.20. The van der Waals surface area contributed by atoms with E-state index in [-0.39, 0.29) is 6.10 Å². The van der Waals surface area contributed by atoms with Crippen LogP contribution in [0.3, 0.4) is 0 Å². The maximum atomic E-state index is 11.7. The van der Waals surface area contributed by atoms with Gasteiger partial charge in [0.1, 0.15) is 17.5 Å². The van der Waals surface area contributed by atoms with Gasteiger partial charge in [0, 0.05) is 30.1 Å². The summed E-state index contributed by atoms with van der Waals surface area (Å²) in [7, 11) is 1.57. The molecule has 2 aromatic rings. The van der Waals surface area contributed by atoms with Crippen LogP contribution in [0.15, 0.2) is 42.6 Å². The predicted molar refractivity (Wildman–Crippen MR) is 82.9 cm³/mol. The van der Waals surface area contributed by atoms with Gasteiger partial charge in [0.25, 0.3) is 0 Å². The number of ether oxygens (including phenoxy) is 3. The van der Waals surface area contributed by atoms with Gasteiger partial charge in [-0.1, -0.05) is 0 Å². The summed E-state index contributed by atoms with van der Waals surface area (Å²) in [6.45, 7) is 1.22. The summed E-state index contributed by atoms with van der Waals surface area (Å²) >= 11 is 0. The van der Waals surface area contributed by atoms with E-state index >= 15 is 0 Å². The molecular formula is C16H18N3O4+. The molecule has 0 spiro atoms. The molecule has 3 N–H and O–H groups in total. The summed E-state index contributed by atoms with van der Waals surface area (Å²) in [6, 6.07) is 10.6. The van der Waals surface area contributed by atoms with Crippen molar-refractivity contribution in [2.75, 3.05) is 25.1 Å². The van der Waals surface area contributed by atoms with E-state index in [2.05, 4.69) is 15.6 Å². The molecule has 0 bridgehead atoms. The van der Waals surface area contributed by atoms with E-state index in [9.17, 15) is 4.79 Å². The first-order valence-corrected chi connectivity index (χ1v) is 7.19. The first kappa shape index (κ1) is 15.1. The fraction of sp³-hybridized carbons (Fsp3) is 0.250. The lowest BCUT2D eigenvalue weighted by atomic mass is 10.1. The molecule has 7 heteroatoms. The molecule has 7 nitrogen and oxygen atoms in total. The van der Waals surface area contributed by atoms with Crippen molar-refractivity contribution < 1.29 is 24.7 Å². The van der Waals surface area contributed by atoms with Crippen LogP contribution in [-0.4, -0.2) is 37.4 Å². The number of benzene rings is 1. The summed E-state index contributed by atoms with van der Waals surface area (Å²) in [5, 5.41) is 0. The third kappa shape index (κ3) is 3.70. The number of pyridine rings is 1. The second kappa shape index (κ2) is 6.53. The SMILES string of the molecule is COc1cc(N2CC(OC(=O)Oc3ccc([NH3+])cc3)C2)ccn1. The molecule has 0 radical (unpaired) electrons. The van der Waals surface area contributed by atoms with Crippen molar-refractivity contribution in [1.82, 2.24) is 4.98 Å². The van der Waals surface area contributed by atoms with E-state index in [0.717, 1.165) is 11.4 Å². The normalized spacial score (nSPS) is 14.1. The van der Waals surface area contributed by atoms with Crippen molar-refractivity contribution >= 4 is 17.5 Å². The maximum Gasteiger partial charge on any atom is 0.514 e. The molecule has 120 valence electrons. The molecule has 1 aliphatic rings.